The van der Waals surface area contributed by atoms with Gasteiger partial charge in [-0.15, -0.1) is 0 Å². The second kappa shape index (κ2) is 6.95. The van der Waals surface area contributed by atoms with Gasteiger partial charge in [0.05, 0.1) is 4.70 Å². The number of ether oxygens (including phenoxy) is 1. The number of piperidine rings is 1. The Morgan fingerprint density at radius 3 is 2.65 bits per heavy atom. The van der Waals surface area contributed by atoms with Crippen molar-refractivity contribution in [3.63, 3.8) is 0 Å². The average Bonchev–Trinajstić information content (AvgIpc) is 3.05. The Hall–Kier alpha value is -2.61. The molecule has 0 radical (unpaired) electrons. The van der Waals surface area contributed by atoms with E-state index in [2.05, 4.69) is 9.97 Å². The topological polar surface area (TPSA) is 55.3 Å². The number of fused-ring (bicyclic) bond motifs is 1. The number of likely N-dealkylation sites (tertiary alicyclic amines) is 1. The van der Waals surface area contributed by atoms with Gasteiger partial charge in [0.1, 0.15) is 17.4 Å². The summed E-state index contributed by atoms with van der Waals surface area (Å²) in [6.07, 6.45) is 4.40. The predicted molar refractivity (Wildman–Crippen MR) is 93.3 cm³/mol. The van der Waals surface area contributed by atoms with Crippen LogP contribution in [0.15, 0.2) is 36.7 Å². The predicted octanol–water partition coefficient (Wildman–Crippen LogP) is 3.65. The summed E-state index contributed by atoms with van der Waals surface area (Å²) in [6.45, 7) is 1.14. The zero-order valence-electron chi connectivity index (χ0n) is 13.7. The zero-order valence-corrected chi connectivity index (χ0v) is 14.5. The lowest BCUT2D eigenvalue weighted by Crippen LogP contribution is -2.41. The third-order valence-electron chi connectivity index (χ3n) is 4.32. The van der Waals surface area contributed by atoms with Gasteiger partial charge in [-0.05, 0) is 18.2 Å². The third-order valence-corrected chi connectivity index (χ3v) is 5.21. The van der Waals surface area contributed by atoms with Crippen LogP contribution < -0.4 is 4.74 Å². The van der Waals surface area contributed by atoms with E-state index in [-0.39, 0.29) is 17.5 Å². The van der Waals surface area contributed by atoms with Crippen LogP contribution >= 0.6 is 11.3 Å². The maximum absolute atomic E-state index is 13.7. The van der Waals surface area contributed by atoms with Crippen molar-refractivity contribution >= 4 is 27.5 Å². The van der Waals surface area contributed by atoms with Crippen LogP contribution in [-0.4, -0.2) is 40.0 Å². The van der Waals surface area contributed by atoms with Crippen LogP contribution in [0.4, 0.5) is 8.78 Å². The summed E-state index contributed by atoms with van der Waals surface area (Å²) in [5.41, 5.74) is 0.736. The van der Waals surface area contributed by atoms with Crippen LogP contribution in [0.1, 0.15) is 23.2 Å². The summed E-state index contributed by atoms with van der Waals surface area (Å²) in [6, 6.07) is 5.45. The number of hydrogen-bond donors (Lipinski definition) is 0. The molecule has 134 valence electrons. The molecule has 4 rings (SSSR count). The quantitative estimate of drug-likeness (QED) is 0.701. The summed E-state index contributed by atoms with van der Waals surface area (Å²) >= 11 is 1.12. The number of thiazole rings is 1. The Bertz CT molecular complexity index is 940. The molecule has 3 aromatic rings. The van der Waals surface area contributed by atoms with Crippen LogP contribution in [0.5, 0.6) is 5.19 Å². The fourth-order valence-electron chi connectivity index (χ4n) is 2.98. The number of amides is 1. The number of aromatic nitrogens is 2. The zero-order chi connectivity index (χ0) is 18.1. The smallest absolute Gasteiger partial charge is 0.274 e. The van der Waals surface area contributed by atoms with Crippen molar-refractivity contribution in [2.24, 2.45) is 0 Å². The van der Waals surface area contributed by atoms with E-state index in [9.17, 15) is 13.6 Å². The Morgan fingerprint density at radius 1 is 1.19 bits per heavy atom. The normalized spacial score (nSPS) is 15.4. The van der Waals surface area contributed by atoms with E-state index in [1.807, 2.05) is 0 Å². The van der Waals surface area contributed by atoms with Crippen LogP contribution in [0.2, 0.25) is 0 Å². The van der Waals surface area contributed by atoms with Crippen LogP contribution in [0, 0.1) is 11.6 Å². The fraction of sp³-hybridized carbons (Fsp3) is 0.278. The van der Waals surface area contributed by atoms with E-state index in [4.69, 9.17) is 4.74 Å². The monoisotopic (exact) mass is 375 g/mol. The van der Waals surface area contributed by atoms with Gasteiger partial charge in [-0.2, -0.15) is 4.98 Å². The number of hydrogen-bond acceptors (Lipinski definition) is 5. The number of pyridine rings is 1. The molecule has 1 saturated heterocycles. The lowest BCUT2D eigenvalue weighted by molar-refractivity contribution is 0.0595. The fourth-order valence-corrected chi connectivity index (χ4v) is 3.90. The number of benzene rings is 1. The van der Waals surface area contributed by atoms with E-state index >= 15 is 0 Å². The molecule has 0 bridgehead atoms. The van der Waals surface area contributed by atoms with Crippen molar-refractivity contribution in [2.45, 2.75) is 18.9 Å². The van der Waals surface area contributed by atoms with Crippen molar-refractivity contribution < 1.29 is 18.3 Å². The molecular formula is C18H15F2N3O2S. The summed E-state index contributed by atoms with van der Waals surface area (Å²) in [7, 11) is 0. The van der Waals surface area contributed by atoms with E-state index in [0.29, 0.717) is 41.4 Å². The first-order valence-corrected chi connectivity index (χ1v) is 9.03. The lowest BCUT2D eigenvalue weighted by atomic mass is 10.1. The minimum absolute atomic E-state index is 0.0246. The molecule has 8 heteroatoms. The van der Waals surface area contributed by atoms with Crippen molar-refractivity contribution in [2.75, 3.05) is 13.1 Å². The highest BCUT2D eigenvalue weighted by atomic mass is 32.1. The van der Waals surface area contributed by atoms with Crippen LogP contribution in [0.3, 0.4) is 0 Å². The summed E-state index contributed by atoms with van der Waals surface area (Å²) in [4.78, 5) is 22.2. The first-order chi connectivity index (χ1) is 12.6. The lowest BCUT2D eigenvalue weighted by Gasteiger charge is -2.31. The maximum atomic E-state index is 13.7. The van der Waals surface area contributed by atoms with Gasteiger partial charge in [-0.25, -0.2) is 8.78 Å². The first kappa shape index (κ1) is 16.8. The molecular weight excluding hydrogens is 360 g/mol. The molecule has 1 aliphatic rings. The molecule has 1 amide bonds. The third kappa shape index (κ3) is 3.37. The van der Waals surface area contributed by atoms with Crippen molar-refractivity contribution in [3.05, 3.63) is 53.9 Å². The molecule has 0 N–H and O–H groups in total. The molecule has 0 aliphatic carbocycles. The average molecular weight is 375 g/mol. The molecule has 0 saturated carbocycles. The van der Waals surface area contributed by atoms with Gasteiger partial charge in [0, 0.05) is 50.0 Å². The van der Waals surface area contributed by atoms with Gasteiger partial charge in [-0.3, -0.25) is 9.78 Å². The molecule has 2 aromatic heterocycles. The largest absolute Gasteiger partial charge is 0.467 e. The second-order valence-corrected chi connectivity index (χ2v) is 7.05. The number of carbonyl (C=O) groups excluding carboxylic acids is 1. The molecule has 1 aliphatic heterocycles. The number of carbonyl (C=O) groups is 1. The van der Waals surface area contributed by atoms with E-state index in [0.717, 1.165) is 17.4 Å². The number of nitrogens with zero attached hydrogens (tertiary/aromatic N) is 3. The summed E-state index contributed by atoms with van der Waals surface area (Å²) in [5.74, 6) is -1.35. The highest BCUT2D eigenvalue weighted by Gasteiger charge is 2.25. The van der Waals surface area contributed by atoms with E-state index in [1.165, 1.54) is 6.07 Å². The highest BCUT2D eigenvalue weighted by molar-refractivity contribution is 7.20. The highest BCUT2D eigenvalue weighted by Crippen LogP contribution is 2.32. The van der Waals surface area contributed by atoms with E-state index in [1.54, 1.807) is 29.4 Å². The van der Waals surface area contributed by atoms with Gasteiger partial charge in [0.2, 0.25) is 0 Å². The maximum Gasteiger partial charge on any atom is 0.274 e. The van der Waals surface area contributed by atoms with Crippen LogP contribution in [0.25, 0.3) is 10.2 Å². The SMILES string of the molecule is O=C(c1ccncc1)N1CCC(Oc2nc3c(F)cc(F)cc3s2)CC1. The number of rotatable bonds is 3. The molecule has 5 nitrogen and oxygen atoms in total. The summed E-state index contributed by atoms with van der Waals surface area (Å²) in [5, 5.41) is 0.323. The molecule has 0 unspecified atom stereocenters. The minimum Gasteiger partial charge on any atom is -0.467 e. The molecule has 0 atom stereocenters. The summed E-state index contributed by atoms with van der Waals surface area (Å²) < 4.78 is 33.3. The molecule has 1 aromatic carbocycles. The van der Waals surface area contributed by atoms with Gasteiger partial charge in [-0.1, -0.05) is 11.3 Å². The van der Waals surface area contributed by atoms with Gasteiger partial charge >= 0.3 is 0 Å². The Kier molecular flexibility index (Phi) is 4.50. The van der Waals surface area contributed by atoms with Crippen molar-refractivity contribution in [1.82, 2.24) is 14.9 Å². The first-order valence-electron chi connectivity index (χ1n) is 8.22. The molecule has 0 spiro atoms. The standard InChI is InChI=1S/C18H15F2N3O2S/c19-12-9-14(20)16-15(10-12)26-18(22-16)25-13-3-7-23(8-4-13)17(24)11-1-5-21-6-2-11/h1-2,5-6,9-10,13H,3-4,7-8H2. The Balaban J connectivity index is 1.40. The van der Waals surface area contributed by atoms with Crippen molar-refractivity contribution in [3.8, 4) is 5.19 Å². The minimum atomic E-state index is -0.691. The number of halogens is 2. The van der Waals surface area contributed by atoms with Gasteiger partial charge in [0.25, 0.3) is 11.1 Å². The van der Waals surface area contributed by atoms with Gasteiger partial charge in [0.15, 0.2) is 5.82 Å². The van der Waals surface area contributed by atoms with Gasteiger partial charge < -0.3 is 9.64 Å². The second-order valence-electron chi connectivity index (χ2n) is 6.06. The molecule has 1 fully saturated rings. The molecule has 3 heterocycles. The Morgan fingerprint density at radius 2 is 1.92 bits per heavy atom. The van der Waals surface area contributed by atoms with Crippen molar-refractivity contribution in [1.29, 1.82) is 0 Å². The van der Waals surface area contributed by atoms with E-state index < -0.39 is 11.6 Å². The Labute approximate surface area is 152 Å². The van der Waals surface area contributed by atoms with Crippen LogP contribution in [-0.2, 0) is 0 Å². The molecule has 26 heavy (non-hydrogen) atoms.